The van der Waals surface area contributed by atoms with Crippen molar-refractivity contribution in [2.45, 2.75) is 43.9 Å². The molecular formula is C20H25N3O. The van der Waals surface area contributed by atoms with E-state index >= 15 is 0 Å². The van der Waals surface area contributed by atoms with Crippen LogP contribution in [-0.2, 0) is 17.3 Å². The molecule has 126 valence electrons. The van der Waals surface area contributed by atoms with Crippen LogP contribution in [0.15, 0.2) is 36.5 Å². The van der Waals surface area contributed by atoms with Gasteiger partial charge in [0.15, 0.2) is 0 Å². The summed E-state index contributed by atoms with van der Waals surface area (Å²) in [4.78, 5) is 20.0. The minimum atomic E-state index is -0.249. The van der Waals surface area contributed by atoms with Gasteiger partial charge in [-0.2, -0.15) is 0 Å². The first-order valence-corrected chi connectivity index (χ1v) is 8.95. The summed E-state index contributed by atoms with van der Waals surface area (Å²) >= 11 is 0. The molecule has 2 fully saturated rings. The van der Waals surface area contributed by atoms with Crippen molar-refractivity contribution in [1.82, 2.24) is 14.5 Å². The van der Waals surface area contributed by atoms with Gasteiger partial charge in [0.2, 0.25) is 5.91 Å². The van der Waals surface area contributed by atoms with Crippen molar-refractivity contribution in [3.05, 3.63) is 53.6 Å². The number of amides is 1. The number of imidazole rings is 1. The fraction of sp³-hybridized carbons (Fsp3) is 0.500. The molecule has 4 nitrogen and oxygen atoms in total. The van der Waals surface area contributed by atoms with Crippen LogP contribution in [-0.4, -0.2) is 33.4 Å². The highest BCUT2D eigenvalue weighted by Crippen LogP contribution is 2.50. The minimum Gasteiger partial charge on any atom is -0.341 e. The molecule has 1 saturated carbocycles. The zero-order chi connectivity index (χ0) is 16.7. The van der Waals surface area contributed by atoms with Crippen LogP contribution in [0.5, 0.6) is 0 Å². The molecule has 1 aromatic heterocycles. The van der Waals surface area contributed by atoms with E-state index in [4.69, 9.17) is 0 Å². The van der Waals surface area contributed by atoms with Crippen molar-refractivity contribution in [2.75, 3.05) is 13.1 Å². The van der Waals surface area contributed by atoms with Gasteiger partial charge in [-0.1, -0.05) is 30.3 Å². The van der Waals surface area contributed by atoms with E-state index in [1.807, 2.05) is 25.1 Å². The van der Waals surface area contributed by atoms with Gasteiger partial charge in [-0.25, -0.2) is 4.98 Å². The first-order chi connectivity index (χ1) is 11.6. The van der Waals surface area contributed by atoms with Crippen LogP contribution >= 0.6 is 0 Å². The number of aromatic nitrogens is 2. The first kappa shape index (κ1) is 15.4. The Labute approximate surface area is 143 Å². The van der Waals surface area contributed by atoms with E-state index in [-0.39, 0.29) is 5.41 Å². The summed E-state index contributed by atoms with van der Waals surface area (Å²) < 4.78 is 2.12. The molecule has 4 heteroatoms. The van der Waals surface area contributed by atoms with Crippen LogP contribution in [0.4, 0.5) is 0 Å². The van der Waals surface area contributed by atoms with Crippen LogP contribution in [0, 0.1) is 6.92 Å². The number of likely N-dealkylation sites (tertiary alicyclic amines) is 1. The predicted octanol–water partition coefficient (Wildman–Crippen LogP) is 3.17. The highest BCUT2D eigenvalue weighted by Gasteiger charge is 2.53. The molecule has 1 aromatic carbocycles. The van der Waals surface area contributed by atoms with E-state index in [1.54, 1.807) is 0 Å². The molecule has 0 radical (unpaired) electrons. The van der Waals surface area contributed by atoms with Gasteiger partial charge in [-0.15, -0.1) is 0 Å². The molecule has 1 atom stereocenters. The molecule has 0 spiro atoms. The van der Waals surface area contributed by atoms with Crippen LogP contribution in [0.1, 0.15) is 48.7 Å². The van der Waals surface area contributed by atoms with Gasteiger partial charge in [0.05, 0.1) is 11.1 Å². The van der Waals surface area contributed by atoms with Gasteiger partial charge in [-0.05, 0) is 38.2 Å². The fourth-order valence-electron chi connectivity index (χ4n) is 4.20. The Kier molecular flexibility index (Phi) is 3.70. The van der Waals surface area contributed by atoms with Gasteiger partial charge in [0.1, 0.15) is 5.82 Å². The third kappa shape index (κ3) is 2.54. The number of carbonyl (C=O) groups is 1. The molecule has 2 aromatic rings. The average Bonchev–Trinajstić information content (AvgIpc) is 3.35. The maximum absolute atomic E-state index is 13.2. The quantitative estimate of drug-likeness (QED) is 0.870. The third-order valence-electron chi connectivity index (χ3n) is 5.59. The Balaban J connectivity index is 1.54. The van der Waals surface area contributed by atoms with E-state index in [0.717, 1.165) is 50.3 Å². The second-order valence-electron chi connectivity index (χ2n) is 7.39. The molecule has 4 rings (SSSR count). The molecule has 1 unspecified atom stereocenters. The van der Waals surface area contributed by atoms with E-state index < -0.39 is 0 Å². The molecule has 1 amide bonds. The molecule has 1 aliphatic heterocycles. The Bertz CT molecular complexity index is 745. The van der Waals surface area contributed by atoms with Crippen molar-refractivity contribution >= 4 is 5.91 Å². The number of carbonyl (C=O) groups excluding carboxylic acids is 1. The lowest BCUT2D eigenvalue weighted by atomic mass is 9.91. The molecule has 2 heterocycles. The summed E-state index contributed by atoms with van der Waals surface area (Å²) in [6, 6.07) is 10.3. The van der Waals surface area contributed by atoms with Gasteiger partial charge in [0.25, 0.3) is 0 Å². The van der Waals surface area contributed by atoms with Crippen molar-refractivity contribution in [3.8, 4) is 0 Å². The van der Waals surface area contributed by atoms with Crippen molar-refractivity contribution in [1.29, 1.82) is 0 Å². The number of aryl methyl sites for hydroxylation is 2. The highest BCUT2D eigenvalue weighted by molar-refractivity contribution is 5.91. The van der Waals surface area contributed by atoms with E-state index in [2.05, 4.69) is 39.8 Å². The maximum atomic E-state index is 13.2. The Morgan fingerprint density at radius 3 is 2.62 bits per heavy atom. The first-order valence-electron chi connectivity index (χ1n) is 8.95. The average molecular weight is 323 g/mol. The summed E-state index contributed by atoms with van der Waals surface area (Å²) in [6.07, 6.45) is 6.22. The van der Waals surface area contributed by atoms with Crippen LogP contribution in [0.2, 0.25) is 0 Å². The summed E-state index contributed by atoms with van der Waals surface area (Å²) in [5.41, 5.74) is 1.99. The van der Waals surface area contributed by atoms with E-state index in [9.17, 15) is 4.79 Å². The monoisotopic (exact) mass is 323 g/mol. The highest BCUT2D eigenvalue weighted by atomic mass is 16.2. The number of hydrogen-bond donors (Lipinski definition) is 0. The zero-order valence-corrected chi connectivity index (χ0v) is 14.5. The number of benzene rings is 1. The predicted molar refractivity (Wildman–Crippen MR) is 93.9 cm³/mol. The molecule has 0 N–H and O–H groups in total. The summed E-state index contributed by atoms with van der Waals surface area (Å²) in [5.74, 6) is 1.80. The standard InChI is InChI=1S/C20H25N3O/c1-15-13-22(2)18(21-15)16-7-6-12-23(14-16)19(24)20(10-11-20)17-8-4-3-5-9-17/h3-5,8-9,13,16H,6-7,10-12,14H2,1-2H3. The van der Waals surface area contributed by atoms with Crippen molar-refractivity contribution in [3.63, 3.8) is 0 Å². The number of hydrogen-bond acceptors (Lipinski definition) is 2. The second kappa shape index (κ2) is 5.76. The Morgan fingerprint density at radius 2 is 2.00 bits per heavy atom. The van der Waals surface area contributed by atoms with Gasteiger partial charge < -0.3 is 9.47 Å². The van der Waals surface area contributed by atoms with Crippen LogP contribution in [0.25, 0.3) is 0 Å². The smallest absolute Gasteiger partial charge is 0.233 e. The zero-order valence-electron chi connectivity index (χ0n) is 14.5. The Morgan fingerprint density at radius 1 is 1.25 bits per heavy atom. The summed E-state index contributed by atoms with van der Waals surface area (Å²) in [5, 5.41) is 0. The Hall–Kier alpha value is -2.10. The van der Waals surface area contributed by atoms with Crippen LogP contribution < -0.4 is 0 Å². The lowest BCUT2D eigenvalue weighted by Crippen LogP contribution is -2.44. The molecule has 2 aliphatic rings. The third-order valence-corrected chi connectivity index (χ3v) is 5.59. The molecular weight excluding hydrogens is 298 g/mol. The number of nitrogens with zero attached hydrogens (tertiary/aromatic N) is 3. The molecule has 24 heavy (non-hydrogen) atoms. The summed E-state index contributed by atoms with van der Waals surface area (Å²) in [7, 11) is 2.06. The van der Waals surface area contributed by atoms with Crippen molar-refractivity contribution < 1.29 is 4.79 Å². The lowest BCUT2D eigenvalue weighted by molar-refractivity contribution is -0.135. The van der Waals surface area contributed by atoms with Crippen LogP contribution in [0.3, 0.4) is 0 Å². The minimum absolute atomic E-state index is 0.249. The number of piperidine rings is 1. The van der Waals surface area contributed by atoms with Crippen molar-refractivity contribution in [2.24, 2.45) is 7.05 Å². The lowest BCUT2D eigenvalue weighted by Gasteiger charge is -2.35. The molecule has 0 bridgehead atoms. The van der Waals surface area contributed by atoms with Gasteiger partial charge in [-0.3, -0.25) is 4.79 Å². The fourth-order valence-corrected chi connectivity index (χ4v) is 4.20. The second-order valence-corrected chi connectivity index (χ2v) is 7.39. The molecule has 1 saturated heterocycles. The maximum Gasteiger partial charge on any atom is 0.233 e. The SMILES string of the molecule is Cc1cn(C)c(C2CCCN(C(=O)C3(c4ccccc4)CC3)C2)n1. The largest absolute Gasteiger partial charge is 0.341 e. The summed E-state index contributed by atoms with van der Waals surface area (Å²) in [6.45, 7) is 3.72. The topological polar surface area (TPSA) is 38.1 Å². The number of rotatable bonds is 3. The molecule has 1 aliphatic carbocycles. The van der Waals surface area contributed by atoms with E-state index in [0.29, 0.717) is 11.8 Å². The normalized spacial score (nSPS) is 22.4. The van der Waals surface area contributed by atoms with Gasteiger partial charge >= 0.3 is 0 Å². The van der Waals surface area contributed by atoms with Gasteiger partial charge in [0, 0.05) is 32.3 Å². The van der Waals surface area contributed by atoms with E-state index in [1.165, 1.54) is 5.56 Å².